The summed E-state index contributed by atoms with van der Waals surface area (Å²) in [5.74, 6) is -1.48. The van der Waals surface area contributed by atoms with Crippen molar-refractivity contribution >= 4 is 46.7 Å². The number of nitrogens with one attached hydrogen (secondary N) is 2. The molecular formula is C16H17Cl2N3O4. The molecule has 25 heavy (non-hydrogen) atoms. The number of amides is 2. The van der Waals surface area contributed by atoms with Gasteiger partial charge in [0.15, 0.2) is 6.10 Å². The van der Waals surface area contributed by atoms with E-state index < -0.39 is 24.0 Å². The summed E-state index contributed by atoms with van der Waals surface area (Å²) >= 11 is 12.0. The monoisotopic (exact) mass is 385 g/mol. The van der Waals surface area contributed by atoms with Gasteiger partial charge < -0.3 is 10.1 Å². The average Bonchev–Trinajstić information content (AvgIpc) is 2.55. The molecule has 0 radical (unpaired) electrons. The average molecular weight is 386 g/mol. The second-order valence-corrected chi connectivity index (χ2v) is 6.38. The summed E-state index contributed by atoms with van der Waals surface area (Å²) in [4.78, 5) is 35.2. The molecule has 2 N–H and O–H groups in total. The molecule has 0 saturated carbocycles. The van der Waals surface area contributed by atoms with Crippen molar-refractivity contribution in [3.05, 3.63) is 33.8 Å². The normalized spacial score (nSPS) is 16.3. The van der Waals surface area contributed by atoms with Crippen molar-refractivity contribution < 1.29 is 19.1 Å². The Balaban J connectivity index is 1.93. The van der Waals surface area contributed by atoms with E-state index in [2.05, 4.69) is 15.8 Å². The first-order valence-corrected chi connectivity index (χ1v) is 8.35. The zero-order chi connectivity index (χ0) is 18.6. The van der Waals surface area contributed by atoms with Crippen LogP contribution in [0.1, 0.15) is 38.3 Å². The Kier molecular flexibility index (Phi) is 6.39. The van der Waals surface area contributed by atoms with E-state index in [0.717, 1.165) is 0 Å². The van der Waals surface area contributed by atoms with Crippen LogP contribution in [0.3, 0.4) is 0 Å². The predicted molar refractivity (Wildman–Crippen MR) is 93.4 cm³/mol. The van der Waals surface area contributed by atoms with Crippen LogP contribution in [0.2, 0.25) is 10.0 Å². The van der Waals surface area contributed by atoms with Crippen LogP contribution >= 0.6 is 23.2 Å². The number of hydrazone groups is 1. The molecule has 1 aliphatic rings. The number of ether oxygens (including phenoxy) is 1. The number of benzene rings is 1. The molecule has 1 heterocycles. The first kappa shape index (κ1) is 19.2. The summed E-state index contributed by atoms with van der Waals surface area (Å²) < 4.78 is 5.09. The van der Waals surface area contributed by atoms with Crippen LogP contribution in [0.15, 0.2) is 23.3 Å². The molecule has 2 rings (SSSR count). The van der Waals surface area contributed by atoms with Crippen LogP contribution in [-0.4, -0.2) is 29.6 Å². The van der Waals surface area contributed by atoms with Crippen molar-refractivity contribution in [2.75, 3.05) is 0 Å². The lowest BCUT2D eigenvalue weighted by Crippen LogP contribution is -2.39. The number of halogens is 2. The SMILES string of the molecule is C[C@H](NC(=O)[C@@H](C)OC(=O)C1=NNC(=O)CC1)c1ccc(Cl)cc1Cl. The van der Waals surface area contributed by atoms with Gasteiger partial charge in [0.2, 0.25) is 5.91 Å². The molecule has 0 aliphatic carbocycles. The Labute approximate surface area is 154 Å². The van der Waals surface area contributed by atoms with E-state index in [4.69, 9.17) is 27.9 Å². The summed E-state index contributed by atoms with van der Waals surface area (Å²) in [6.07, 6.45) is -0.697. The first-order chi connectivity index (χ1) is 11.8. The van der Waals surface area contributed by atoms with Crippen molar-refractivity contribution in [3.63, 3.8) is 0 Å². The molecule has 0 bridgehead atoms. The highest BCUT2D eigenvalue weighted by molar-refractivity contribution is 6.37. The molecule has 0 saturated heterocycles. The van der Waals surface area contributed by atoms with Crippen LogP contribution in [0.5, 0.6) is 0 Å². The number of nitrogens with zero attached hydrogens (tertiary/aromatic N) is 1. The van der Waals surface area contributed by atoms with Crippen LogP contribution in [0.4, 0.5) is 0 Å². The van der Waals surface area contributed by atoms with Gasteiger partial charge in [-0.2, -0.15) is 5.10 Å². The van der Waals surface area contributed by atoms with E-state index in [1.165, 1.54) is 6.92 Å². The standard InChI is InChI=1S/C16H17Cl2N3O4/c1-8(11-4-3-10(17)7-12(11)18)19-15(23)9(2)25-16(24)13-5-6-14(22)21-20-13/h3-4,7-9H,5-6H2,1-2H3,(H,19,23)(H,21,22)/t8-,9+/m0/s1. The van der Waals surface area contributed by atoms with Gasteiger partial charge in [0, 0.05) is 22.9 Å². The molecule has 2 atom stereocenters. The number of rotatable bonds is 5. The minimum Gasteiger partial charge on any atom is -0.448 e. The highest BCUT2D eigenvalue weighted by Crippen LogP contribution is 2.26. The van der Waals surface area contributed by atoms with E-state index >= 15 is 0 Å². The maximum Gasteiger partial charge on any atom is 0.355 e. The molecule has 134 valence electrons. The Morgan fingerprint density at radius 1 is 1.28 bits per heavy atom. The van der Waals surface area contributed by atoms with Crippen molar-refractivity contribution in [3.8, 4) is 0 Å². The summed E-state index contributed by atoms with van der Waals surface area (Å²) in [5.41, 5.74) is 2.97. The van der Waals surface area contributed by atoms with Gasteiger partial charge >= 0.3 is 5.97 Å². The minimum absolute atomic E-state index is 0.0769. The molecule has 0 aromatic heterocycles. The molecule has 0 unspecified atom stereocenters. The fourth-order valence-corrected chi connectivity index (χ4v) is 2.74. The quantitative estimate of drug-likeness (QED) is 0.760. The van der Waals surface area contributed by atoms with Gasteiger partial charge in [0.1, 0.15) is 5.71 Å². The van der Waals surface area contributed by atoms with Gasteiger partial charge in [-0.1, -0.05) is 29.3 Å². The highest BCUT2D eigenvalue weighted by atomic mass is 35.5. The van der Waals surface area contributed by atoms with Gasteiger partial charge in [0.25, 0.3) is 5.91 Å². The Morgan fingerprint density at radius 3 is 2.60 bits per heavy atom. The lowest BCUT2D eigenvalue weighted by molar-refractivity contribution is -0.149. The van der Waals surface area contributed by atoms with Crippen LogP contribution < -0.4 is 10.7 Å². The molecule has 1 aliphatic heterocycles. The number of hydrogen-bond acceptors (Lipinski definition) is 5. The Morgan fingerprint density at radius 2 is 2.00 bits per heavy atom. The summed E-state index contributed by atoms with van der Waals surface area (Å²) in [6.45, 7) is 3.20. The van der Waals surface area contributed by atoms with E-state index in [0.29, 0.717) is 15.6 Å². The Hall–Kier alpha value is -2.12. The number of carbonyl (C=O) groups is 3. The maximum absolute atomic E-state index is 12.2. The smallest absolute Gasteiger partial charge is 0.355 e. The zero-order valence-corrected chi connectivity index (χ0v) is 15.1. The molecule has 9 heteroatoms. The van der Waals surface area contributed by atoms with Gasteiger partial charge in [-0.3, -0.25) is 9.59 Å². The third-order valence-corrected chi connectivity index (χ3v) is 4.14. The third-order valence-electron chi connectivity index (χ3n) is 3.58. The minimum atomic E-state index is -1.03. The van der Waals surface area contributed by atoms with Crippen molar-refractivity contribution in [2.45, 2.75) is 38.8 Å². The fourth-order valence-electron chi connectivity index (χ4n) is 2.16. The second kappa shape index (κ2) is 8.31. The molecule has 0 spiro atoms. The predicted octanol–water partition coefficient (Wildman–Crippen LogP) is 2.37. The summed E-state index contributed by atoms with van der Waals surface area (Å²) in [7, 11) is 0. The first-order valence-electron chi connectivity index (χ1n) is 7.59. The summed E-state index contributed by atoms with van der Waals surface area (Å²) in [5, 5.41) is 7.27. The second-order valence-electron chi connectivity index (χ2n) is 5.54. The molecule has 7 nitrogen and oxygen atoms in total. The van der Waals surface area contributed by atoms with Gasteiger partial charge in [0.05, 0.1) is 6.04 Å². The highest BCUT2D eigenvalue weighted by Gasteiger charge is 2.25. The zero-order valence-electron chi connectivity index (χ0n) is 13.6. The maximum atomic E-state index is 12.2. The van der Waals surface area contributed by atoms with Gasteiger partial charge in [-0.15, -0.1) is 0 Å². The van der Waals surface area contributed by atoms with E-state index in [1.807, 2.05) is 0 Å². The molecule has 2 amide bonds. The summed E-state index contributed by atoms with van der Waals surface area (Å²) in [6, 6.07) is 4.57. The van der Waals surface area contributed by atoms with E-state index in [1.54, 1.807) is 25.1 Å². The number of esters is 1. The lowest BCUT2D eigenvalue weighted by atomic mass is 10.1. The van der Waals surface area contributed by atoms with Crippen molar-refractivity contribution in [1.29, 1.82) is 0 Å². The topological polar surface area (TPSA) is 96.9 Å². The van der Waals surface area contributed by atoms with E-state index in [-0.39, 0.29) is 24.5 Å². The van der Waals surface area contributed by atoms with Crippen LogP contribution in [-0.2, 0) is 19.1 Å². The molecule has 0 fully saturated rings. The Bertz CT molecular complexity index is 736. The molecular weight excluding hydrogens is 369 g/mol. The third kappa shape index (κ3) is 5.17. The number of hydrogen-bond donors (Lipinski definition) is 2. The van der Waals surface area contributed by atoms with Crippen LogP contribution in [0, 0.1) is 0 Å². The van der Waals surface area contributed by atoms with Gasteiger partial charge in [-0.05, 0) is 31.5 Å². The van der Waals surface area contributed by atoms with Crippen molar-refractivity contribution in [2.24, 2.45) is 5.10 Å². The largest absolute Gasteiger partial charge is 0.448 e. The number of carbonyl (C=O) groups excluding carboxylic acids is 3. The fraction of sp³-hybridized carbons (Fsp3) is 0.375. The van der Waals surface area contributed by atoms with E-state index in [9.17, 15) is 14.4 Å². The van der Waals surface area contributed by atoms with Crippen LogP contribution in [0.25, 0.3) is 0 Å². The molecule has 1 aromatic carbocycles. The molecule has 1 aromatic rings. The van der Waals surface area contributed by atoms with Gasteiger partial charge in [-0.25, -0.2) is 10.2 Å². The lowest BCUT2D eigenvalue weighted by Gasteiger charge is -2.20. The van der Waals surface area contributed by atoms with Crippen molar-refractivity contribution in [1.82, 2.24) is 10.7 Å².